The number of sulfonamides is 1. The molecule has 1 aliphatic rings. The van der Waals surface area contributed by atoms with E-state index in [4.69, 9.17) is 9.47 Å². The van der Waals surface area contributed by atoms with E-state index in [1.165, 1.54) is 12.1 Å². The van der Waals surface area contributed by atoms with Crippen LogP contribution in [-0.2, 0) is 14.8 Å². The monoisotopic (exact) mass is 572 g/mol. The molecule has 2 rings (SSSR count). The largest absolute Gasteiger partial charge is 0.492 e. The van der Waals surface area contributed by atoms with Crippen molar-refractivity contribution >= 4 is 40.0 Å². The van der Waals surface area contributed by atoms with Crippen LogP contribution in [0, 0.1) is 5.82 Å². The predicted molar refractivity (Wildman–Crippen MR) is 131 cm³/mol. The van der Waals surface area contributed by atoms with Gasteiger partial charge in [0.1, 0.15) is 18.2 Å². The molecule has 0 aromatic heterocycles. The quantitative estimate of drug-likeness (QED) is 0.240. The molecule has 11 heteroatoms. The molecule has 0 amide bonds. The second-order valence-electron chi connectivity index (χ2n) is 7.12. The minimum atomic E-state index is -3.41. The maximum Gasteiger partial charge on any atom is 0.213 e. The van der Waals surface area contributed by atoms with Gasteiger partial charge >= 0.3 is 0 Å². The van der Waals surface area contributed by atoms with Crippen molar-refractivity contribution in [2.24, 2.45) is 4.99 Å². The molecule has 1 saturated heterocycles. The minimum absolute atomic E-state index is 0. The number of benzene rings is 1. The van der Waals surface area contributed by atoms with Crippen molar-refractivity contribution in [1.82, 2.24) is 14.9 Å². The Bertz CT molecular complexity index is 759. The van der Waals surface area contributed by atoms with Crippen LogP contribution < -0.4 is 14.8 Å². The zero-order chi connectivity index (χ0) is 21.8. The highest BCUT2D eigenvalue weighted by Crippen LogP contribution is 2.12. The SMILES string of the molecule is CCNC(=NCCS(=O)(=O)NCC1CCCCO1)N(C)CCOc1ccc(F)cc1.I. The first kappa shape index (κ1) is 27.9. The van der Waals surface area contributed by atoms with Gasteiger partial charge in [-0.2, -0.15) is 0 Å². The number of nitrogens with one attached hydrogen (secondary N) is 2. The third kappa shape index (κ3) is 11.3. The predicted octanol–water partition coefficient (Wildman–Crippen LogP) is 2.21. The third-order valence-corrected chi connectivity index (χ3v) is 5.96. The van der Waals surface area contributed by atoms with Gasteiger partial charge in [0, 0.05) is 26.7 Å². The summed E-state index contributed by atoms with van der Waals surface area (Å²) in [5, 5.41) is 3.14. The number of nitrogens with zero attached hydrogens (tertiary/aromatic N) is 2. The van der Waals surface area contributed by atoms with E-state index in [2.05, 4.69) is 15.0 Å². The molecule has 0 radical (unpaired) electrons. The molecular formula is C20H34FIN4O4S. The Morgan fingerprint density at radius 1 is 1.32 bits per heavy atom. The van der Waals surface area contributed by atoms with Crippen molar-refractivity contribution in [3.63, 3.8) is 0 Å². The van der Waals surface area contributed by atoms with Gasteiger partial charge in [0.2, 0.25) is 10.0 Å². The lowest BCUT2D eigenvalue weighted by molar-refractivity contribution is 0.0200. The fourth-order valence-electron chi connectivity index (χ4n) is 2.94. The summed E-state index contributed by atoms with van der Waals surface area (Å²) in [6, 6.07) is 5.84. The number of likely N-dealkylation sites (N-methyl/N-ethyl adjacent to an activating group) is 1. The lowest BCUT2D eigenvalue weighted by Crippen LogP contribution is -2.41. The van der Waals surface area contributed by atoms with Crippen LogP contribution in [0.3, 0.4) is 0 Å². The second-order valence-corrected chi connectivity index (χ2v) is 9.04. The maximum absolute atomic E-state index is 12.9. The van der Waals surface area contributed by atoms with Crippen LogP contribution in [-0.4, -0.2) is 77.6 Å². The lowest BCUT2D eigenvalue weighted by atomic mass is 10.1. The van der Waals surface area contributed by atoms with Gasteiger partial charge in [-0.3, -0.25) is 4.99 Å². The Balaban J connectivity index is 0.00000480. The molecule has 1 aromatic carbocycles. The molecule has 1 unspecified atom stereocenters. The molecule has 0 bridgehead atoms. The number of hydrogen-bond donors (Lipinski definition) is 2. The number of rotatable bonds is 11. The maximum atomic E-state index is 12.9. The number of aliphatic imine (C=N–C) groups is 1. The molecule has 178 valence electrons. The second kappa shape index (κ2) is 14.8. The molecule has 0 aliphatic carbocycles. The summed E-state index contributed by atoms with van der Waals surface area (Å²) in [6.45, 7) is 4.67. The number of ether oxygens (including phenoxy) is 2. The number of halogens is 2. The van der Waals surface area contributed by atoms with Crippen LogP contribution in [0.1, 0.15) is 26.2 Å². The molecule has 2 N–H and O–H groups in total. The molecule has 1 aliphatic heterocycles. The van der Waals surface area contributed by atoms with Gasteiger partial charge in [0.05, 0.1) is 24.9 Å². The lowest BCUT2D eigenvalue weighted by Gasteiger charge is -2.23. The van der Waals surface area contributed by atoms with Crippen LogP contribution in [0.4, 0.5) is 4.39 Å². The molecule has 8 nitrogen and oxygen atoms in total. The first-order valence-corrected chi connectivity index (χ1v) is 12.0. The van der Waals surface area contributed by atoms with E-state index >= 15 is 0 Å². The van der Waals surface area contributed by atoms with Crippen LogP contribution in [0.5, 0.6) is 5.75 Å². The highest BCUT2D eigenvalue weighted by atomic mass is 127. The van der Waals surface area contributed by atoms with Gasteiger partial charge in [-0.15, -0.1) is 24.0 Å². The van der Waals surface area contributed by atoms with Crippen LogP contribution in [0.2, 0.25) is 0 Å². The first-order valence-electron chi connectivity index (χ1n) is 10.4. The molecular weight excluding hydrogens is 538 g/mol. The standard InChI is InChI=1S/C20H33FN4O4S.HI/c1-3-22-20(25(2)12-14-29-18-9-7-17(21)8-10-18)23-11-15-30(26,27)24-16-19-6-4-5-13-28-19;/h7-10,19,24H,3-6,11-16H2,1-2H3,(H,22,23);1H. The number of hydrogen-bond acceptors (Lipinski definition) is 5. The van der Waals surface area contributed by atoms with Crippen molar-refractivity contribution in [3.8, 4) is 5.75 Å². The van der Waals surface area contributed by atoms with Crippen LogP contribution in [0.25, 0.3) is 0 Å². The summed E-state index contributed by atoms with van der Waals surface area (Å²) in [4.78, 5) is 6.27. The molecule has 1 atom stereocenters. The molecule has 1 heterocycles. The van der Waals surface area contributed by atoms with E-state index in [0.29, 0.717) is 44.6 Å². The van der Waals surface area contributed by atoms with E-state index in [-0.39, 0.29) is 48.2 Å². The van der Waals surface area contributed by atoms with Gasteiger partial charge in [-0.1, -0.05) is 0 Å². The van der Waals surface area contributed by atoms with Gasteiger partial charge in [0.25, 0.3) is 0 Å². The highest BCUT2D eigenvalue weighted by molar-refractivity contribution is 14.0. The fraction of sp³-hybridized carbons (Fsp3) is 0.650. The highest BCUT2D eigenvalue weighted by Gasteiger charge is 2.17. The molecule has 0 spiro atoms. The van der Waals surface area contributed by atoms with Crippen molar-refractivity contribution in [3.05, 3.63) is 30.1 Å². The Kier molecular flexibility index (Phi) is 13.3. The summed E-state index contributed by atoms with van der Waals surface area (Å²) in [6.07, 6.45) is 2.95. The van der Waals surface area contributed by atoms with E-state index in [0.717, 1.165) is 19.3 Å². The minimum Gasteiger partial charge on any atom is -0.492 e. The fourth-order valence-corrected chi connectivity index (χ4v) is 3.85. The molecule has 31 heavy (non-hydrogen) atoms. The van der Waals surface area contributed by atoms with E-state index in [1.807, 2.05) is 18.9 Å². The normalized spacial score (nSPS) is 17.0. The van der Waals surface area contributed by atoms with Gasteiger partial charge < -0.3 is 19.7 Å². The summed E-state index contributed by atoms with van der Waals surface area (Å²) >= 11 is 0. The zero-order valence-electron chi connectivity index (χ0n) is 18.2. The average Bonchev–Trinajstić information content (AvgIpc) is 2.74. The van der Waals surface area contributed by atoms with E-state index in [9.17, 15) is 12.8 Å². The van der Waals surface area contributed by atoms with Crippen LogP contribution >= 0.6 is 24.0 Å². The van der Waals surface area contributed by atoms with Gasteiger partial charge in [0.15, 0.2) is 5.96 Å². The Morgan fingerprint density at radius 3 is 2.71 bits per heavy atom. The summed E-state index contributed by atoms with van der Waals surface area (Å²) < 4.78 is 51.1. The van der Waals surface area contributed by atoms with Gasteiger partial charge in [-0.05, 0) is 50.5 Å². The smallest absolute Gasteiger partial charge is 0.213 e. The zero-order valence-corrected chi connectivity index (χ0v) is 21.3. The summed E-state index contributed by atoms with van der Waals surface area (Å²) in [5.74, 6) is 0.794. The molecule has 1 aromatic rings. The molecule has 0 saturated carbocycles. The Labute approximate surface area is 202 Å². The van der Waals surface area contributed by atoms with Crippen molar-refractivity contribution in [2.75, 3.05) is 52.2 Å². The van der Waals surface area contributed by atoms with Crippen molar-refractivity contribution in [1.29, 1.82) is 0 Å². The molecule has 1 fully saturated rings. The summed E-state index contributed by atoms with van der Waals surface area (Å²) in [7, 11) is -1.56. The summed E-state index contributed by atoms with van der Waals surface area (Å²) in [5.41, 5.74) is 0. The average molecular weight is 572 g/mol. The van der Waals surface area contributed by atoms with E-state index < -0.39 is 10.0 Å². The van der Waals surface area contributed by atoms with Crippen molar-refractivity contribution in [2.45, 2.75) is 32.3 Å². The topological polar surface area (TPSA) is 92.3 Å². The Hall–Kier alpha value is -1.18. The van der Waals surface area contributed by atoms with E-state index in [1.54, 1.807) is 12.1 Å². The van der Waals surface area contributed by atoms with Crippen LogP contribution in [0.15, 0.2) is 29.3 Å². The Morgan fingerprint density at radius 2 is 2.06 bits per heavy atom. The first-order chi connectivity index (χ1) is 14.4. The van der Waals surface area contributed by atoms with Crippen molar-refractivity contribution < 1.29 is 22.3 Å². The van der Waals surface area contributed by atoms with Gasteiger partial charge in [-0.25, -0.2) is 17.5 Å². The third-order valence-electron chi connectivity index (χ3n) is 4.63. The number of guanidine groups is 1.